The molecule has 5 N–H and O–H groups in total. The minimum absolute atomic E-state index is 0.0834. The number of hydrogen-bond acceptors (Lipinski definition) is 6. The Morgan fingerprint density at radius 3 is 2.52 bits per heavy atom. The minimum atomic E-state index is -0.849. The predicted octanol–water partition coefficient (Wildman–Crippen LogP) is 3.35. The number of anilines is 1. The highest BCUT2D eigenvalue weighted by atomic mass is 35.5. The third-order valence-electron chi connectivity index (χ3n) is 5.84. The Balaban J connectivity index is 1.58. The SMILES string of the molecule is COc1cc(N)c(Cl)cc1C(=O)NCC1CCN(C(COC(N)=O)c2ccc(F)cc2)CC1. The van der Waals surface area contributed by atoms with E-state index in [0.717, 1.165) is 31.5 Å². The molecule has 33 heavy (non-hydrogen) atoms. The number of nitrogen functional groups attached to an aromatic ring is 1. The molecule has 1 aliphatic rings. The summed E-state index contributed by atoms with van der Waals surface area (Å²) in [6.07, 6.45) is 0.806. The van der Waals surface area contributed by atoms with E-state index >= 15 is 0 Å². The fourth-order valence-corrected chi connectivity index (χ4v) is 4.14. The maximum Gasteiger partial charge on any atom is 0.404 e. The quantitative estimate of drug-likeness (QED) is 0.500. The van der Waals surface area contributed by atoms with Crippen LogP contribution in [0.25, 0.3) is 0 Å². The van der Waals surface area contributed by atoms with Crippen LogP contribution in [0.3, 0.4) is 0 Å². The maximum absolute atomic E-state index is 13.3. The van der Waals surface area contributed by atoms with Gasteiger partial charge in [-0.25, -0.2) is 9.18 Å². The van der Waals surface area contributed by atoms with Crippen LogP contribution >= 0.6 is 11.6 Å². The number of nitrogens with zero attached hydrogens (tertiary/aromatic N) is 1. The second-order valence-electron chi connectivity index (χ2n) is 7.96. The standard InChI is InChI=1S/C23H28ClFN4O4/c1-32-21-11-19(26)18(24)10-17(21)22(30)28-12-14-6-8-29(9-7-14)20(13-33-23(27)31)15-2-4-16(25)5-3-15/h2-5,10-11,14,20H,6-9,12-13,26H2,1H3,(H2,27,31)(H,28,30). The average Bonchev–Trinajstić information content (AvgIpc) is 2.80. The average molecular weight is 479 g/mol. The monoisotopic (exact) mass is 478 g/mol. The van der Waals surface area contributed by atoms with Crippen molar-refractivity contribution < 1.29 is 23.5 Å². The van der Waals surface area contributed by atoms with Gasteiger partial charge in [-0.3, -0.25) is 9.69 Å². The van der Waals surface area contributed by atoms with Crippen molar-refractivity contribution in [3.8, 4) is 5.75 Å². The van der Waals surface area contributed by atoms with E-state index in [4.69, 9.17) is 32.5 Å². The molecule has 8 nitrogen and oxygen atoms in total. The molecule has 1 fully saturated rings. The normalized spacial score (nSPS) is 15.6. The number of hydrogen-bond donors (Lipinski definition) is 3. The van der Waals surface area contributed by atoms with Crippen molar-refractivity contribution in [2.24, 2.45) is 11.7 Å². The van der Waals surface area contributed by atoms with Gasteiger partial charge in [-0.1, -0.05) is 23.7 Å². The van der Waals surface area contributed by atoms with Crippen LogP contribution < -0.4 is 21.5 Å². The van der Waals surface area contributed by atoms with Gasteiger partial charge in [-0.15, -0.1) is 0 Å². The highest BCUT2D eigenvalue weighted by Gasteiger charge is 2.28. The summed E-state index contributed by atoms with van der Waals surface area (Å²) >= 11 is 6.06. The molecule has 1 aliphatic heterocycles. The smallest absolute Gasteiger partial charge is 0.404 e. The van der Waals surface area contributed by atoms with Crippen LogP contribution in [0, 0.1) is 11.7 Å². The van der Waals surface area contributed by atoms with E-state index in [1.54, 1.807) is 12.1 Å². The van der Waals surface area contributed by atoms with Crippen molar-refractivity contribution in [3.05, 3.63) is 58.4 Å². The zero-order valence-electron chi connectivity index (χ0n) is 18.4. The van der Waals surface area contributed by atoms with Gasteiger partial charge >= 0.3 is 6.09 Å². The van der Waals surface area contributed by atoms with Crippen LogP contribution in [0.4, 0.5) is 14.9 Å². The van der Waals surface area contributed by atoms with Crippen LogP contribution in [0.15, 0.2) is 36.4 Å². The largest absolute Gasteiger partial charge is 0.496 e. The summed E-state index contributed by atoms with van der Waals surface area (Å²) in [7, 11) is 1.47. The summed E-state index contributed by atoms with van der Waals surface area (Å²) in [6.45, 7) is 2.03. The molecular weight excluding hydrogens is 451 g/mol. The minimum Gasteiger partial charge on any atom is -0.496 e. The molecule has 0 saturated carbocycles. The van der Waals surface area contributed by atoms with E-state index < -0.39 is 6.09 Å². The lowest BCUT2D eigenvalue weighted by molar-refractivity contribution is 0.0700. The van der Waals surface area contributed by atoms with Gasteiger partial charge in [0.1, 0.15) is 18.2 Å². The van der Waals surface area contributed by atoms with Crippen molar-refractivity contribution in [2.45, 2.75) is 18.9 Å². The summed E-state index contributed by atoms with van der Waals surface area (Å²) in [6, 6.07) is 8.93. The zero-order valence-corrected chi connectivity index (χ0v) is 19.1. The Kier molecular flexibility index (Phi) is 8.35. The third-order valence-corrected chi connectivity index (χ3v) is 6.17. The number of piperidine rings is 1. The molecule has 2 aromatic rings. The van der Waals surface area contributed by atoms with Crippen molar-refractivity contribution >= 4 is 29.3 Å². The number of methoxy groups -OCH3 is 1. The van der Waals surface area contributed by atoms with E-state index in [2.05, 4.69) is 10.2 Å². The number of nitrogens with two attached hydrogens (primary N) is 2. The van der Waals surface area contributed by atoms with Crippen LogP contribution in [-0.4, -0.2) is 50.3 Å². The van der Waals surface area contributed by atoms with Crippen LogP contribution in [0.1, 0.15) is 34.8 Å². The lowest BCUT2D eigenvalue weighted by Crippen LogP contribution is -2.42. The summed E-state index contributed by atoms with van der Waals surface area (Å²) in [5, 5.41) is 3.24. The first kappa shape index (κ1) is 24.6. The summed E-state index contributed by atoms with van der Waals surface area (Å²) in [5.74, 6) is 0.0178. The number of carbonyl (C=O) groups is 2. The number of benzene rings is 2. The fourth-order valence-electron chi connectivity index (χ4n) is 3.97. The van der Waals surface area contributed by atoms with E-state index in [-0.39, 0.29) is 30.3 Å². The molecule has 1 heterocycles. The Morgan fingerprint density at radius 2 is 1.91 bits per heavy atom. The molecule has 2 amide bonds. The van der Waals surface area contributed by atoms with Crippen molar-refractivity contribution in [1.29, 1.82) is 0 Å². The molecule has 10 heteroatoms. The number of rotatable bonds is 8. The van der Waals surface area contributed by atoms with Gasteiger partial charge < -0.3 is 26.3 Å². The summed E-state index contributed by atoms with van der Waals surface area (Å²) in [5.41, 5.74) is 12.4. The lowest BCUT2D eigenvalue weighted by atomic mass is 9.94. The molecule has 178 valence electrons. The lowest BCUT2D eigenvalue weighted by Gasteiger charge is -2.37. The molecule has 1 atom stereocenters. The van der Waals surface area contributed by atoms with Gasteiger partial charge in [0.15, 0.2) is 0 Å². The van der Waals surface area contributed by atoms with Crippen molar-refractivity contribution in [1.82, 2.24) is 10.2 Å². The predicted molar refractivity (Wildman–Crippen MR) is 124 cm³/mol. The fraction of sp³-hybridized carbons (Fsp3) is 0.391. The van der Waals surface area contributed by atoms with E-state index in [1.165, 1.54) is 31.4 Å². The first-order chi connectivity index (χ1) is 15.8. The number of ether oxygens (including phenoxy) is 2. The molecule has 0 bridgehead atoms. The second kappa shape index (κ2) is 11.2. The van der Waals surface area contributed by atoms with Crippen LogP contribution in [0.2, 0.25) is 5.02 Å². The van der Waals surface area contributed by atoms with E-state index in [1.807, 2.05) is 0 Å². The molecular formula is C23H28ClFN4O4. The third kappa shape index (κ3) is 6.49. The first-order valence-electron chi connectivity index (χ1n) is 10.6. The molecule has 0 spiro atoms. The van der Waals surface area contributed by atoms with Gasteiger partial charge in [0.25, 0.3) is 5.91 Å². The number of amides is 2. The van der Waals surface area contributed by atoms with Crippen molar-refractivity contribution in [2.75, 3.05) is 39.1 Å². The van der Waals surface area contributed by atoms with Crippen LogP contribution in [-0.2, 0) is 4.74 Å². The molecule has 2 aromatic carbocycles. The van der Waals surface area contributed by atoms with Gasteiger partial charge in [0, 0.05) is 12.6 Å². The number of likely N-dealkylation sites (tertiary alicyclic amines) is 1. The van der Waals surface area contributed by atoms with Crippen LogP contribution in [0.5, 0.6) is 5.75 Å². The highest BCUT2D eigenvalue weighted by Crippen LogP contribution is 2.30. The number of halogens is 2. The Bertz CT molecular complexity index is 981. The molecule has 0 aromatic heterocycles. The Labute approximate surface area is 197 Å². The molecule has 1 unspecified atom stereocenters. The number of carbonyl (C=O) groups excluding carboxylic acids is 2. The maximum atomic E-state index is 13.3. The molecule has 1 saturated heterocycles. The van der Waals surface area contributed by atoms with Gasteiger partial charge in [-0.2, -0.15) is 0 Å². The molecule has 0 aliphatic carbocycles. The second-order valence-corrected chi connectivity index (χ2v) is 8.37. The highest BCUT2D eigenvalue weighted by molar-refractivity contribution is 6.33. The Morgan fingerprint density at radius 1 is 1.24 bits per heavy atom. The van der Waals surface area contributed by atoms with Gasteiger partial charge in [-0.05, 0) is 55.6 Å². The molecule has 0 radical (unpaired) electrons. The number of nitrogens with one attached hydrogen (secondary N) is 1. The zero-order chi connectivity index (χ0) is 24.0. The first-order valence-corrected chi connectivity index (χ1v) is 11.0. The Hall–Kier alpha value is -3.04. The molecule has 3 rings (SSSR count). The summed E-state index contributed by atoms with van der Waals surface area (Å²) in [4.78, 5) is 26.0. The number of primary amides is 1. The topological polar surface area (TPSA) is 120 Å². The summed E-state index contributed by atoms with van der Waals surface area (Å²) < 4.78 is 23.6. The van der Waals surface area contributed by atoms with Gasteiger partial charge in [0.05, 0.1) is 29.4 Å². The van der Waals surface area contributed by atoms with E-state index in [9.17, 15) is 14.0 Å². The van der Waals surface area contributed by atoms with Crippen molar-refractivity contribution in [3.63, 3.8) is 0 Å². The van der Waals surface area contributed by atoms with Gasteiger partial charge in [0.2, 0.25) is 0 Å². The van der Waals surface area contributed by atoms with E-state index in [0.29, 0.717) is 28.6 Å².